The summed E-state index contributed by atoms with van der Waals surface area (Å²) in [6.45, 7) is 0. The highest BCUT2D eigenvalue weighted by Crippen LogP contribution is 2.45. The Kier molecular flexibility index (Phi) is 2.33. The van der Waals surface area contributed by atoms with Crippen LogP contribution in [0, 0.1) is 0 Å². The van der Waals surface area contributed by atoms with E-state index in [0.29, 0.717) is 5.92 Å². The summed E-state index contributed by atoms with van der Waals surface area (Å²) in [6, 6.07) is 5.86. The number of aromatic nitrogens is 1. The molecular weight excluding hydrogens is 252 g/mol. The Morgan fingerprint density at radius 3 is 2.80 bits per heavy atom. The molecule has 1 aromatic rings. The minimum atomic E-state index is 0.717. The van der Waals surface area contributed by atoms with Crippen molar-refractivity contribution in [3.8, 4) is 0 Å². The molecule has 80 valence electrons. The number of likely N-dealkylation sites (N-methyl/N-ethyl adjacent to an activating group) is 1. The summed E-state index contributed by atoms with van der Waals surface area (Å²) >= 11 is 3.39. The van der Waals surface area contributed by atoms with Crippen LogP contribution in [0.3, 0.4) is 0 Å². The molecule has 2 aliphatic heterocycles. The molecule has 0 unspecified atom stereocenters. The summed E-state index contributed by atoms with van der Waals surface area (Å²) in [6.07, 6.45) is 6.11. The van der Waals surface area contributed by atoms with Gasteiger partial charge in [0.2, 0.25) is 0 Å². The van der Waals surface area contributed by atoms with E-state index in [0.717, 1.165) is 16.7 Å². The molecule has 3 atom stereocenters. The molecule has 2 bridgehead atoms. The number of rotatable bonds is 1. The number of nitrogens with zero attached hydrogens (tertiary/aromatic N) is 2. The summed E-state index contributed by atoms with van der Waals surface area (Å²) in [5, 5.41) is 0. The normalized spacial score (nSPS) is 34.9. The van der Waals surface area contributed by atoms with Crippen molar-refractivity contribution in [3.05, 3.63) is 28.5 Å². The molecule has 0 aliphatic carbocycles. The van der Waals surface area contributed by atoms with Crippen LogP contribution < -0.4 is 0 Å². The highest BCUT2D eigenvalue weighted by Gasteiger charge is 2.44. The van der Waals surface area contributed by atoms with Gasteiger partial charge in [-0.25, -0.2) is 4.98 Å². The average molecular weight is 267 g/mol. The molecule has 15 heavy (non-hydrogen) atoms. The standard InChI is InChI=1S/C12H15BrN2/c1-15-9-3-4-11(15)10(6-9)8-2-5-12(13)14-7-8/h2,5,7,9-11H,3-4,6H2,1H3/t9-,10+,11+/m1/s1. The maximum Gasteiger partial charge on any atom is 0.106 e. The Balaban J connectivity index is 1.87. The smallest absolute Gasteiger partial charge is 0.106 e. The van der Waals surface area contributed by atoms with Crippen molar-refractivity contribution in [1.29, 1.82) is 0 Å². The van der Waals surface area contributed by atoms with Crippen LogP contribution >= 0.6 is 15.9 Å². The van der Waals surface area contributed by atoms with Crippen molar-refractivity contribution in [2.45, 2.75) is 37.3 Å². The Morgan fingerprint density at radius 2 is 2.27 bits per heavy atom. The Bertz CT molecular complexity index is 362. The second-order valence-corrected chi connectivity index (χ2v) is 5.53. The van der Waals surface area contributed by atoms with E-state index in [1.54, 1.807) is 0 Å². The van der Waals surface area contributed by atoms with Crippen LogP contribution in [0.15, 0.2) is 22.9 Å². The Hall–Kier alpha value is -0.410. The zero-order valence-corrected chi connectivity index (χ0v) is 10.4. The van der Waals surface area contributed by atoms with Crippen molar-refractivity contribution in [2.24, 2.45) is 0 Å². The van der Waals surface area contributed by atoms with Gasteiger partial charge in [-0.05, 0) is 53.9 Å². The van der Waals surface area contributed by atoms with Gasteiger partial charge in [-0.15, -0.1) is 0 Å². The zero-order chi connectivity index (χ0) is 10.4. The van der Waals surface area contributed by atoms with Crippen molar-refractivity contribution in [2.75, 3.05) is 7.05 Å². The van der Waals surface area contributed by atoms with Crippen molar-refractivity contribution in [1.82, 2.24) is 9.88 Å². The fraction of sp³-hybridized carbons (Fsp3) is 0.583. The van der Waals surface area contributed by atoms with E-state index in [1.165, 1.54) is 24.8 Å². The predicted octanol–water partition coefficient (Wildman–Crippen LogP) is 2.79. The zero-order valence-electron chi connectivity index (χ0n) is 8.86. The third-order valence-corrected chi connectivity index (χ3v) is 4.53. The van der Waals surface area contributed by atoms with E-state index in [-0.39, 0.29) is 0 Å². The lowest BCUT2D eigenvalue weighted by atomic mass is 9.85. The van der Waals surface area contributed by atoms with Gasteiger partial charge in [0.05, 0.1) is 0 Å². The van der Waals surface area contributed by atoms with Crippen LogP contribution in [0.1, 0.15) is 30.7 Å². The Morgan fingerprint density at radius 1 is 1.40 bits per heavy atom. The summed E-state index contributed by atoms with van der Waals surface area (Å²) in [5.41, 5.74) is 1.41. The maximum absolute atomic E-state index is 4.33. The van der Waals surface area contributed by atoms with Crippen LogP contribution in [0.2, 0.25) is 0 Å². The molecular formula is C12H15BrN2. The van der Waals surface area contributed by atoms with E-state index in [1.807, 2.05) is 6.20 Å². The number of hydrogen-bond donors (Lipinski definition) is 0. The molecule has 1 aromatic heterocycles. The fourth-order valence-electron chi connectivity index (χ4n) is 3.23. The van der Waals surface area contributed by atoms with E-state index < -0.39 is 0 Å². The van der Waals surface area contributed by atoms with Gasteiger partial charge in [0.25, 0.3) is 0 Å². The molecule has 0 aromatic carbocycles. The number of hydrogen-bond acceptors (Lipinski definition) is 2. The molecule has 2 aliphatic rings. The first-order valence-corrected chi connectivity index (χ1v) is 6.38. The molecule has 0 spiro atoms. The molecule has 2 nitrogen and oxygen atoms in total. The third kappa shape index (κ3) is 1.53. The highest BCUT2D eigenvalue weighted by molar-refractivity contribution is 9.10. The lowest BCUT2D eigenvalue weighted by Crippen LogP contribution is -2.25. The van der Waals surface area contributed by atoms with E-state index in [9.17, 15) is 0 Å². The average Bonchev–Trinajstić information content (AvgIpc) is 2.75. The topological polar surface area (TPSA) is 16.1 Å². The SMILES string of the molecule is CN1[C@@H]2CC[C@H]1[C@H](c1ccc(Br)nc1)C2. The van der Waals surface area contributed by atoms with Crippen LogP contribution in [-0.4, -0.2) is 29.0 Å². The minimum absolute atomic E-state index is 0.717. The van der Waals surface area contributed by atoms with Gasteiger partial charge in [0.15, 0.2) is 0 Å². The minimum Gasteiger partial charge on any atom is -0.300 e. The van der Waals surface area contributed by atoms with Crippen LogP contribution in [-0.2, 0) is 0 Å². The molecule has 3 rings (SSSR count). The van der Waals surface area contributed by atoms with Crippen molar-refractivity contribution < 1.29 is 0 Å². The lowest BCUT2D eigenvalue weighted by Gasteiger charge is -2.21. The van der Waals surface area contributed by atoms with Gasteiger partial charge in [0.1, 0.15) is 4.60 Å². The first-order chi connectivity index (χ1) is 7.25. The van der Waals surface area contributed by atoms with Crippen LogP contribution in [0.25, 0.3) is 0 Å². The van der Waals surface area contributed by atoms with Gasteiger partial charge in [0, 0.05) is 24.2 Å². The number of halogens is 1. The number of fused-ring (bicyclic) bond motifs is 2. The first kappa shape index (κ1) is 9.79. The van der Waals surface area contributed by atoms with Gasteiger partial charge in [-0.1, -0.05) is 6.07 Å². The quantitative estimate of drug-likeness (QED) is 0.727. The highest BCUT2D eigenvalue weighted by atomic mass is 79.9. The molecule has 0 amide bonds. The van der Waals surface area contributed by atoms with E-state index in [2.05, 4.69) is 45.0 Å². The third-order valence-electron chi connectivity index (χ3n) is 4.06. The molecule has 0 saturated carbocycles. The van der Waals surface area contributed by atoms with Gasteiger partial charge < -0.3 is 0 Å². The Labute approximate surface area is 98.8 Å². The van der Waals surface area contributed by atoms with Crippen LogP contribution in [0.5, 0.6) is 0 Å². The first-order valence-electron chi connectivity index (χ1n) is 5.59. The second kappa shape index (κ2) is 3.56. The molecule has 0 N–H and O–H groups in total. The summed E-state index contributed by atoms with van der Waals surface area (Å²) < 4.78 is 0.933. The lowest BCUT2D eigenvalue weighted by molar-refractivity contribution is 0.307. The monoisotopic (exact) mass is 266 g/mol. The summed E-state index contributed by atoms with van der Waals surface area (Å²) in [7, 11) is 2.27. The largest absolute Gasteiger partial charge is 0.300 e. The molecule has 3 heterocycles. The predicted molar refractivity (Wildman–Crippen MR) is 63.9 cm³/mol. The summed E-state index contributed by atoms with van der Waals surface area (Å²) in [4.78, 5) is 6.89. The van der Waals surface area contributed by atoms with Crippen LogP contribution in [0.4, 0.5) is 0 Å². The molecule has 2 fully saturated rings. The van der Waals surface area contributed by atoms with E-state index in [4.69, 9.17) is 0 Å². The van der Waals surface area contributed by atoms with E-state index >= 15 is 0 Å². The molecule has 2 saturated heterocycles. The van der Waals surface area contributed by atoms with Crippen molar-refractivity contribution >= 4 is 15.9 Å². The molecule has 0 radical (unpaired) electrons. The number of pyridine rings is 1. The second-order valence-electron chi connectivity index (χ2n) is 4.72. The summed E-state index contributed by atoms with van der Waals surface area (Å²) in [5.74, 6) is 0.717. The van der Waals surface area contributed by atoms with Crippen molar-refractivity contribution in [3.63, 3.8) is 0 Å². The van der Waals surface area contributed by atoms with Gasteiger partial charge >= 0.3 is 0 Å². The fourth-order valence-corrected chi connectivity index (χ4v) is 3.46. The van der Waals surface area contributed by atoms with Gasteiger partial charge in [-0.2, -0.15) is 0 Å². The van der Waals surface area contributed by atoms with Gasteiger partial charge in [-0.3, -0.25) is 4.90 Å². The maximum atomic E-state index is 4.33. The molecule has 3 heteroatoms.